The number of rotatable bonds is 5. The van der Waals surface area contributed by atoms with Gasteiger partial charge in [-0.05, 0) is 30.7 Å². The summed E-state index contributed by atoms with van der Waals surface area (Å²) in [6.07, 6.45) is 1.85. The van der Waals surface area contributed by atoms with Crippen LogP contribution in [0.3, 0.4) is 0 Å². The standard InChI is InChI=1S/C22H19N3O3S/c1-13-3-8-18-16(11-28-20(18)9-13)10-21(27)25-22-24-19(12-29-22)15-4-6-17(7-5-15)23-14(2)26/h3-9,11-12H,10H2,1-2H3,(H,23,26)(H,24,25,27). The fourth-order valence-electron chi connectivity index (χ4n) is 3.06. The highest BCUT2D eigenvalue weighted by molar-refractivity contribution is 7.14. The zero-order valence-corrected chi connectivity index (χ0v) is 16.8. The summed E-state index contributed by atoms with van der Waals surface area (Å²) in [7, 11) is 0. The minimum Gasteiger partial charge on any atom is -0.464 e. The molecular formula is C22H19N3O3S. The number of carbonyl (C=O) groups is 2. The molecule has 7 heteroatoms. The van der Waals surface area contributed by atoms with E-state index in [1.54, 1.807) is 6.26 Å². The summed E-state index contributed by atoms with van der Waals surface area (Å²) in [6, 6.07) is 13.3. The molecule has 6 nitrogen and oxygen atoms in total. The molecule has 0 atom stereocenters. The summed E-state index contributed by atoms with van der Waals surface area (Å²) in [5.74, 6) is -0.257. The Morgan fingerprint density at radius 2 is 1.90 bits per heavy atom. The molecular weight excluding hydrogens is 386 g/mol. The highest BCUT2D eigenvalue weighted by atomic mass is 32.1. The van der Waals surface area contributed by atoms with E-state index in [0.717, 1.165) is 39.0 Å². The van der Waals surface area contributed by atoms with Crippen LogP contribution in [0.5, 0.6) is 0 Å². The lowest BCUT2D eigenvalue weighted by atomic mass is 10.1. The molecule has 0 saturated carbocycles. The van der Waals surface area contributed by atoms with E-state index >= 15 is 0 Å². The van der Waals surface area contributed by atoms with E-state index in [0.29, 0.717) is 5.13 Å². The van der Waals surface area contributed by atoms with Crippen LogP contribution in [0.1, 0.15) is 18.1 Å². The van der Waals surface area contributed by atoms with Crippen molar-refractivity contribution in [1.29, 1.82) is 0 Å². The molecule has 2 heterocycles. The van der Waals surface area contributed by atoms with Crippen molar-refractivity contribution in [3.8, 4) is 11.3 Å². The Hall–Kier alpha value is -3.45. The molecule has 0 saturated heterocycles. The van der Waals surface area contributed by atoms with Crippen LogP contribution in [0, 0.1) is 6.92 Å². The van der Waals surface area contributed by atoms with Crippen molar-refractivity contribution in [3.63, 3.8) is 0 Å². The summed E-state index contributed by atoms with van der Waals surface area (Å²) in [6.45, 7) is 3.47. The highest BCUT2D eigenvalue weighted by Crippen LogP contribution is 2.27. The lowest BCUT2D eigenvalue weighted by molar-refractivity contribution is -0.116. The summed E-state index contributed by atoms with van der Waals surface area (Å²) in [4.78, 5) is 28.1. The molecule has 0 aliphatic carbocycles. The summed E-state index contributed by atoms with van der Waals surface area (Å²) in [5, 5.41) is 8.96. The van der Waals surface area contributed by atoms with Gasteiger partial charge in [0.1, 0.15) is 5.58 Å². The number of fused-ring (bicyclic) bond motifs is 1. The van der Waals surface area contributed by atoms with Crippen LogP contribution in [0.15, 0.2) is 58.5 Å². The van der Waals surface area contributed by atoms with E-state index in [1.807, 2.05) is 54.8 Å². The number of hydrogen-bond acceptors (Lipinski definition) is 5. The Kier molecular flexibility index (Phi) is 5.14. The summed E-state index contributed by atoms with van der Waals surface area (Å²) < 4.78 is 5.56. The number of aromatic nitrogens is 1. The fraction of sp³-hybridized carbons (Fsp3) is 0.136. The molecule has 146 valence electrons. The number of thiazole rings is 1. The zero-order chi connectivity index (χ0) is 20.4. The first kappa shape index (κ1) is 18.9. The minimum atomic E-state index is -0.143. The Labute approximate surface area is 171 Å². The monoisotopic (exact) mass is 405 g/mol. The summed E-state index contributed by atoms with van der Waals surface area (Å²) in [5.41, 5.74) is 5.15. The first-order valence-electron chi connectivity index (χ1n) is 9.08. The second kappa shape index (κ2) is 7.89. The van der Waals surface area contributed by atoms with Gasteiger partial charge in [-0.3, -0.25) is 9.59 Å². The van der Waals surface area contributed by atoms with Crippen molar-refractivity contribution in [2.24, 2.45) is 0 Å². The summed E-state index contributed by atoms with van der Waals surface area (Å²) >= 11 is 1.37. The maximum absolute atomic E-state index is 12.5. The average Bonchev–Trinajstić information content (AvgIpc) is 3.29. The third-order valence-corrected chi connectivity index (χ3v) is 5.17. The highest BCUT2D eigenvalue weighted by Gasteiger charge is 2.13. The number of amides is 2. The first-order chi connectivity index (χ1) is 14.0. The van der Waals surface area contributed by atoms with Crippen LogP contribution in [-0.4, -0.2) is 16.8 Å². The number of benzene rings is 2. The van der Waals surface area contributed by atoms with Gasteiger partial charge in [0.15, 0.2) is 5.13 Å². The molecule has 2 N–H and O–H groups in total. The van der Waals surface area contributed by atoms with Crippen LogP contribution in [-0.2, 0) is 16.0 Å². The number of anilines is 2. The van der Waals surface area contributed by atoms with Crippen molar-refractivity contribution in [2.75, 3.05) is 10.6 Å². The zero-order valence-electron chi connectivity index (χ0n) is 16.0. The Bertz CT molecular complexity index is 1190. The van der Waals surface area contributed by atoms with Crippen LogP contribution in [0.4, 0.5) is 10.8 Å². The van der Waals surface area contributed by atoms with Crippen molar-refractivity contribution >= 4 is 44.9 Å². The van der Waals surface area contributed by atoms with E-state index < -0.39 is 0 Å². The second-order valence-corrected chi connectivity index (χ2v) is 7.64. The minimum absolute atomic E-state index is 0.114. The number of carbonyl (C=O) groups excluding carboxylic acids is 2. The molecule has 2 aromatic heterocycles. The third-order valence-electron chi connectivity index (χ3n) is 4.41. The topological polar surface area (TPSA) is 84.2 Å². The molecule has 0 aliphatic rings. The van der Waals surface area contributed by atoms with Gasteiger partial charge in [-0.1, -0.05) is 24.3 Å². The van der Waals surface area contributed by atoms with E-state index in [2.05, 4.69) is 15.6 Å². The normalized spacial score (nSPS) is 10.8. The molecule has 0 radical (unpaired) electrons. The molecule has 0 unspecified atom stereocenters. The van der Waals surface area contributed by atoms with Crippen LogP contribution in [0.25, 0.3) is 22.2 Å². The molecule has 29 heavy (non-hydrogen) atoms. The maximum Gasteiger partial charge on any atom is 0.230 e. The van der Waals surface area contributed by atoms with Gasteiger partial charge in [-0.2, -0.15) is 0 Å². The number of nitrogens with zero attached hydrogens (tertiary/aromatic N) is 1. The quantitative estimate of drug-likeness (QED) is 0.489. The van der Waals surface area contributed by atoms with Gasteiger partial charge < -0.3 is 15.1 Å². The van der Waals surface area contributed by atoms with Crippen molar-refractivity contribution < 1.29 is 14.0 Å². The maximum atomic E-state index is 12.5. The van der Waals surface area contributed by atoms with E-state index in [1.165, 1.54) is 18.3 Å². The predicted octanol–water partition coefficient (Wildman–Crippen LogP) is 5.00. The molecule has 0 spiro atoms. The largest absolute Gasteiger partial charge is 0.464 e. The fourth-order valence-corrected chi connectivity index (χ4v) is 3.79. The Morgan fingerprint density at radius 3 is 2.66 bits per heavy atom. The molecule has 4 aromatic rings. The SMILES string of the molecule is CC(=O)Nc1ccc(-c2csc(NC(=O)Cc3coc4cc(C)ccc34)n2)cc1. The van der Waals surface area contributed by atoms with Crippen molar-refractivity contribution in [1.82, 2.24) is 4.98 Å². The third kappa shape index (κ3) is 4.35. The van der Waals surface area contributed by atoms with Gasteiger partial charge in [0.2, 0.25) is 11.8 Å². The van der Waals surface area contributed by atoms with Gasteiger partial charge in [-0.25, -0.2) is 4.98 Å². The van der Waals surface area contributed by atoms with E-state index in [-0.39, 0.29) is 18.2 Å². The van der Waals surface area contributed by atoms with Crippen molar-refractivity contribution in [3.05, 3.63) is 65.2 Å². The van der Waals surface area contributed by atoms with Gasteiger partial charge in [0, 0.05) is 34.5 Å². The molecule has 2 amide bonds. The molecule has 0 aliphatic heterocycles. The Balaban J connectivity index is 1.43. The molecule has 0 fully saturated rings. The molecule has 4 rings (SSSR count). The van der Waals surface area contributed by atoms with Gasteiger partial charge in [0.05, 0.1) is 18.4 Å². The average molecular weight is 405 g/mol. The number of aryl methyl sites for hydroxylation is 1. The van der Waals surface area contributed by atoms with Gasteiger partial charge in [-0.15, -0.1) is 11.3 Å². The van der Waals surface area contributed by atoms with Crippen molar-refractivity contribution in [2.45, 2.75) is 20.3 Å². The van der Waals surface area contributed by atoms with Crippen LogP contribution in [0.2, 0.25) is 0 Å². The number of furan rings is 1. The first-order valence-corrected chi connectivity index (χ1v) is 9.96. The molecule has 0 bridgehead atoms. The van der Waals surface area contributed by atoms with Crippen LogP contribution < -0.4 is 10.6 Å². The van der Waals surface area contributed by atoms with Crippen LogP contribution >= 0.6 is 11.3 Å². The lowest BCUT2D eigenvalue weighted by Crippen LogP contribution is -2.13. The smallest absolute Gasteiger partial charge is 0.230 e. The number of hydrogen-bond donors (Lipinski definition) is 2. The number of nitrogens with one attached hydrogen (secondary N) is 2. The van der Waals surface area contributed by atoms with Gasteiger partial charge in [0.25, 0.3) is 0 Å². The molecule has 2 aromatic carbocycles. The Morgan fingerprint density at radius 1 is 1.10 bits per heavy atom. The van der Waals surface area contributed by atoms with E-state index in [9.17, 15) is 9.59 Å². The predicted molar refractivity (Wildman–Crippen MR) is 115 cm³/mol. The second-order valence-electron chi connectivity index (χ2n) is 6.78. The lowest BCUT2D eigenvalue weighted by Gasteiger charge is -2.03. The van der Waals surface area contributed by atoms with Gasteiger partial charge >= 0.3 is 0 Å². The van der Waals surface area contributed by atoms with E-state index in [4.69, 9.17) is 4.42 Å².